The molecule has 0 aromatic heterocycles. The minimum absolute atomic E-state index is 0.392. The molecule has 0 atom stereocenters. The van der Waals surface area contributed by atoms with E-state index in [4.69, 9.17) is 16.2 Å². The Hall–Kier alpha value is -1.06. The van der Waals surface area contributed by atoms with Crippen molar-refractivity contribution in [2.24, 2.45) is 11.5 Å². The molecule has 1 fully saturated rings. The van der Waals surface area contributed by atoms with Gasteiger partial charge in [-0.2, -0.15) is 0 Å². The summed E-state index contributed by atoms with van der Waals surface area (Å²) in [5, 5.41) is 0. The zero-order valence-electron chi connectivity index (χ0n) is 6.42. The first-order chi connectivity index (χ1) is 5.29. The van der Waals surface area contributed by atoms with E-state index in [1.54, 1.807) is 0 Å². The van der Waals surface area contributed by atoms with Gasteiger partial charge in [0.2, 0.25) is 5.88 Å². The maximum absolute atomic E-state index is 5.72. The first-order valence-corrected chi connectivity index (χ1v) is 3.93. The van der Waals surface area contributed by atoms with E-state index < -0.39 is 0 Å². The van der Waals surface area contributed by atoms with Crippen molar-refractivity contribution in [2.45, 2.75) is 18.9 Å². The molecule has 0 spiro atoms. The molecule has 0 unspecified atom stereocenters. The van der Waals surface area contributed by atoms with Gasteiger partial charge in [0.1, 0.15) is 6.61 Å². The van der Waals surface area contributed by atoms with Crippen molar-refractivity contribution >= 4 is 0 Å². The minimum atomic E-state index is 0.392. The maximum Gasteiger partial charge on any atom is 0.225 e. The summed E-state index contributed by atoms with van der Waals surface area (Å²) in [6.07, 6.45) is 2.49. The second-order valence-corrected chi connectivity index (χ2v) is 3.02. The van der Waals surface area contributed by atoms with Crippen LogP contribution < -0.4 is 11.5 Å². The lowest BCUT2D eigenvalue weighted by atomic mass is 10.4. The van der Waals surface area contributed by atoms with Crippen LogP contribution in [-0.4, -0.2) is 24.1 Å². The number of ether oxygens (including phenoxy) is 1. The molecule has 0 radical (unpaired) electrons. The number of hydrogen-bond acceptors (Lipinski definition) is 4. The Balaban J connectivity index is 2.13. The summed E-state index contributed by atoms with van der Waals surface area (Å²) >= 11 is 0. The van der Waals surface area contributed by atoms with E-state index in [0.29, 0.717) is 24.4 Å². The zero-order chi connectivity index (χ0) is 7.84. The van der Waals surface area contributed by atoms with Crippen LogP contribution in [0.3, 0.4) is 0 Å². The zero-order valence-corrected chi connectivity index (χ0v) is 6.42. The van der Waals surface area contributed by atoms with E-state index in [9.17, 15) is 0 Å². The Morgan fingerprint density at radius 2 is 2.09 bits per heavy atom. The van der Waals surface area contributed by atoms with Crippen LogP contribution in [0.5, 0.6) is 0 Å². The first-order valence-electron chi connectivity index (χ1n) is 3.93. The quantitative estimate of drug-likeness (QED) is 0.537. The van der Waals surface area contributed by atoms with Crippen molar-refractivity contribution in [2.75, 3.05) is 13.2 Å². The normalized spacial score (nSPS) is 25.3. The summed E-state index contributed by atoms with van der Waals surface area (Å²) in [4.78, 5) is 2.14. The molecule has 0 bridgehead atoms. The lowest BCUT2D eigenvalue weighted by Crippen LogP contribution is -2.39. The van der Waals surface area contributed by atoms with Crippen LogP contribution in [0.1, 0.15) is 12.8 Å². The summed E-state index contributed by atoms with van der Waals surface area (Å²) in [5.74, 6) is 1.02. The van der Waals surface area contributed by atoms with Crippen molar-refractivity contribution in [3.8, 4) is 0 Å². The van der Waals surface area contributed by atoms with Gasteiger partial charge in [0.05, 0.1) is 6.54 Å². The monoisotopic (exact) mass is 155 g/mol. The first kappa shape index (κ1) is 6.64. The average molecular weight is 155 g/mol. The number of nitrogens with two attached hydrogens (primary N) is 2. The lowest BCUT2D eigenvalue weighted by Gasteiger charge is -2.29. The summed E-state index contributed by atoms with van der Waals surface area (Å²) in [6, 6.07) is 0.637. The predicted molar refractivity (Wildman–Crippen MR) is 41.1 cm³/mol. The second-order valence-electron chi connectivity index (χ2n) is 3.02. The van der Waals surface area contributed by atoms with Crippen LogP contribution in [0.15, 0.2) is 11.7 Å². The Bertz CT molecular complexity index is 198. The number of rotatable bonds is 1. The Morgan fingerprint density at radius 1 is 1.36 bits per heavy atom. The molecule has 4 heteroatoms. The van der Waals surface area contributed by atoms with Gasteiger partial charge in [-0.15, -0.1) is 0 Å². The Labute approximate surface area is 65.8 Å². The summed E-state index contributed by atoms with van der Waals surface area (Å²) in [7, 11) is 0. The highest BCUT2D eigenvalue weighted by atomic mass is 16.5. The highest BCUT2D eigenvalue weighted by molar-refractivity contribution is 5.07. The van der Waals surface area contributed by atoms with Crippen LogP contribution in [0.4, 0.5) is 0 Å². The summed E-state index contributed by atoms with van der Waals surface area (Å²) < 4.78 is 5.09. The molecule has 1 heterocycles. The van der Waals surface area contributed by atoms with Crippen LogP contribution in [-0.2, 0) is 4.74 Å². The summed E-state index contributed by atoms with van der Waals surface area (Å²) in [5.41, 5.74) is 11.2. The van der Waals surface area contributed by atoms with Gasteiger partial charge in [-0.05, 0) is 12.8 Å². The molecule has 0 aromatic carbocycles. The van der Waals surface area contributed by atoms with Gasteiger partial charge in [-0.1, -0.05) is 0 Å². The lowest BCUT2D eigenvalue weighted by molar-refractivity contribution is 0.121. The van der Waals surface area contributed by atoms with E-state index in [-0.39, 0.29) is 0 Å². The molecular weight excluding hydrogens is 142 g/mol. The third-order valence-corrected chi connectivity index (χ3v) is 2.14. The van der Waals surface area contributed by atoms with Crippen LogP contribution in [0.2, 0.25) is 0 Å². The molecule has 4 N–H and O–H groups in total. The molecule has 11 heavy (non-hydrogen) atoms. The van der Waals surface area contributed by atoms with Crippen molar-refractivity contribution in [3.63, 3.8) is 0 Å². The fraction of sp³-hybridized carbons (Fsp3) is 0.714. The molecule has 2 aliphatic rings. The molecule has 2 rings (SSSR count). The highest BCUT2D eigenvalue weighted by Gasteiger charge is 2.32. The second kappa shape index (κ2) is 2.22. The van der Waals surface area contributed by atoms with Gasteiger partial charge in [0, 0.05) is 6.04 Å². The Morgan fingerprint density at radius 3 is 2.73 bits per heavy atom. The van der Waals surface area contributed by atoms with Crippen LogP contribution in [0.25, 0.3) is 0 Å². The van der Waals surface area contributed by atoms with Gasteiger partial charge in [0.25, 0.3) is 0 Å². The third-order valence-electron chi connectivity index (χ3n) is 2.14. The fourth-order valence-electron chi connectivity index (χ4n) is 1.36. The van der Waals surface area contributed by atoms with Gasteiger partial charge < -0.3 is 21.1 Å². The molecule has 1 aliphatic heterocycles. The molecule has 1 aliphatic carbocycles. The maximum atomic E-state index is 5.72. The molecular formula is C7H13N3O. The third kappa shape index (κ3) is 1.08. The van der Waals surface area contributed by atoms with E-state index in [0.717, 1.165) is 6.54 Å². The molecule has 0 amide bonds. The van der Waals surface area contributed by atoms with Crippen molar-refractivity contribution in [1.29, 1.82) is 0 Å². The molecule has 4 nitrogen and oxygen atoms in total. The van der Waals surface area contributed by atoms with Crippen molar-refractivity contribution in [3.05, 3.63) is 11.7 Å². The predicted octanol–water partition coefficient (Wildman–Crippen LogP) is -0.475. The van der Waals surface area contributed by atoms with Crippen LogP contribution >= 0.6 is 0 Å². The molecule has 0 saturated heterocycles. The minimum Gasteiger partial charge on any atom is -0.475 e. The van der Waals surface area contributed by atoms with E-state index in [1.807, 2.05) is 0 Å². The topological polar surface area (TPSA) is 64.5 Å². The van der Waals surface area contributed by atoms with E-state index in [1.165, 1.54) is 12.8 Å². The van der Waals surface area contributed by atoms with Crippen molar-refractivity contribution < 1.29 is 4.74 Å². The van der Waals surface area contributed by atoms with Gasteiger partial charge in [-0.3, -0.25) is 0 Å². The van der Waals surface area contributed by atoms with Gasteiger partial charge in [-0.25, -0.2) is 0 Å². The van der Waals surface area contributed by atoms with E-state index in [2.05, 4.69) is 4.90 Å². The summed E-state index contributed by atoms with van der Waals surface area (Å²) in [6.45, 7) is 1.56. The van der Waals surface area contributed by atoms with Gasteiger partial charge >= 0.3 is 0 Å². The Kier molecular flexibility index (Phi) is 1.34. The fourth-order valence-corrected chi connectivity index (χ4v) is 1.36. The molecule has 0 aromatic rings. The smallest absolute Gasteiger partial charge is 0.225 e. The average Bonchev–Trinajstić information content (AvgIpc) is 2.77. The SMILES string of the molecule is NC1=C(N)N(C2CC2)CCO1. The number of nitrogens with zero attached hydrogens (tertiary/aromatic N) is 1. The van der Waals surface area contributed by atoms with Gasteiger partial charge in [0.15, 0.2) is 5.82 Å². The van der Waals surface area contributed by atoms with Crippen molar-refractivity contribution in [1.82, 2.24) is 4.90 Å². The number of hydrogen-bond donors (Lipinski definition) is 2. The van der Waals surface area contributed by atoms with Crippen LogP contribution in [0, 0.1) is 0 Å². The van der Waals surface area contributed by atoms with E-state index >= 15 is 0 Å². The highest BCUT2D eigenvalue weighted by Crippen LogP contribution is 2.29. The largest absolute Gasteiger partial charge is 0.475 e. The standard InChI is InChI=1S/C7H13N3O/c8-6-7(9)11-4-3-10(6)5-1-2-5/h5H,1-4,8-9H2. The molecule has 1 saturated carbocycles. The molecule has 62 valence electrons.